The summed E-state index contributed by atoms with van der Waals surface area (Å²) in [4.78, 5) is 12.0. The molecule has 0 atom stereocenters. The van der Waals surface area contributed by atoms with Gasteiger partial charge < -0.3 is 9.47 Å². The third-order valence-electron chi connectivity index (χ3n) is 2.89. The van der Waals surface area contributed by atoms with Crippen LogP contribution in [0.25, 0.3) is 5.76 Å². The molecule has 0 radical (unpaired) electrons. The number of rotatable bonds is 5. The van der Waals surface area contributed by atoms with E-state index in [0.29, 0.717) is 29.6 Å². The first kappa shape index (κ1) is 13.7. The van der Waals surface area contributed by atoms with Crippen LogP contribution in [0.1, 0.15) is 49.5 Å². The lowest BCUT2D eigenvalue weighted by molar-refractivity contribution is 0.0711. The van der Waals surface area contributed by atoms with Gasteiger partial charge in [0.15, 0.2) is 0 Å². The lowest BCUT2D eigenvalue weighted by atomic mass is 10.1. The fourth-order valence-corrected chi connectivity index (χ4v) is 1.96. The molecule has 2 rings (SSSR count). The highest BCUT2D eigenvalue weighted by molar-refractivity contribution is 6.05. The van der Waals surface area contributed by atoms with E-state index in [9.17, 15) is 4.79 Å². The van der Waals surface area contributed by atoms with E-state index in [4.69, 9.17) is 9.47 Å². The number of carbonyl (C=O) groups excluding carboxylic acids is 1. The fraction of sp³-hybridized carbons (Fsp3) is 0.438. The number of fused-ring (bicyclic) bond motifs is 1. The number of esters is 1. The van der Waals surface area contributed by atoms with Gasteiger partial charge in [-0.05, 0) is 24.5 Å². The summed E-state index contributed by atoms with van der Waals surface area (Å²) in [6.45, 7) is 6.84. The van der Waals surface area contributed by atoms with Crippen molar-refractivity contribution in [2.45, 2.75) is 33.6 Å². The summed E-state index contributed by atoms with van der Waals surface area (Å²) < 4.78 is 11.0. The molecule has 3 heteroatoms. The van der Waals surface area contributed by atoms with E-state index in [1.54, 1.807) is 0 Å². The Morgan fingerprint density at radius 1 is 1.37 bits per heavy atom. The van der Waals surface area contributed by atoms with Crippen LogP contribution in [0.4, 0.5) is 0 Å². The Morgan fingerprint density at radius 3 is 2.84 bits per heavy atom. The van der Waals surface area contributed by atoms with Crippen molar-refractivity contribution >= 4 is 11.7 Å². The van der Waals surface area contributed by atoms with Crippen LogP contribution in [0, 0.1) is 5.92 Å². The lowest BCUT2D eigenvalue weighted by Crippen LogP contribution is -2.07. The van der Waals surface area contributed by atoms with Crippen molar-refractivity contribution in [1.82, 2.24) is 0 Å². The maximum atomic E-state index is 12.0. The Kier molecular flexibility index (Phi) is 4.25. The zero-order chi connectivity index (χ0) is 13.8. The van der Waals surface area contributed by atoms with Crippen molar-refractivity contribution in [3.05, 3.63) is 35.4 Å². The van der Waals surface area contributed by atoms with Gasteiger partial charge in [-0.3, -0.25) is 0 Å². The number of ether oxygens (including phenoxy) is 2. The Bertz CT molecular complexity index is 501. The van der Waals surface area contributed by atoms with Gasteiger partial charge in [0.05, 0.1) is 6.61 Å². The second-order valence-electron chi connectivity index (χ2n) is 5.13. The molecule has 19 heavy (non-hydrogen) atoms. The predicted octanol–water partition coefficient (Wildman–Crippen LogP) is 4.03. The first-order valence-electron chi connectivity index (χ1n) is 6.82. The maximum absolute atomic E-state index is 12.0. The van der Waals surface area contributed by atoms with E-state index in [0.717, 1.165) is 18.4 Å². The summed E-state index contributed by atoms with van der Waals surface area (Å²) in [6.07, 6.45) is 3.90. The molecule has 3 nitrogen and oxygen atoms in total. The monoisotopic (exact) mass is 260 g/mol. The number of hydrogen-bond acceptors (Lipinski definition) is 3. The number of hydrogen-bond donors (Lipinski definition) is 0. The van der Waals surface area contributed by atoms with Crippen LogP contribution in [0.2, 0.25) is 0 Å². The molecule has 1 aliphatic rings. The molecule has 0 spiro atoms. The van der Waals surface area contributed by atoms with E-state index in [1.807, 2.05) is 24.3 Å². The SMILES string of the molecule is CCC/C=C1\OC(=O)c2c(OCC(C)C)cccc21. The zero-order valence-corrected chi connectivity index (χ0v) is 11.7. The average Bonchev–Trinajstić information content (AvgIpc) is 2.71. The highest BCUT2D eigenvalue weighted by Gasteiger charge is 2.29. The van der Waals surface area contributed by atoms with Crippen LogP contribution in [0.5, 0.6) is 5.75 Å². The van der Waals surface area contributed by atoms with Crippen LogP contribution >= 0.6 is 0 Å². The van der Waals surface area contributed by atoms with E-state index >= 15 is 0 Å². The number of benzene rings is 1. The topological polar surface area (TPSA) is 35.5 Å². The zero-order valence-electron chi connectivity index (χ0n) is 11.7. The van der Waals surface area contributed by atoms with Gasteiger partial charge in [0, 0.05) is 5.56 Å². The minimum atomic E-state index is -0.309. The molecular weight excluding hydrogens is 240 g/mol. The van der Waals surface area contributed by atoms with E-state index in [1.165, 1.54) is 0 Å². The number of allylic oxidation sites excluding steroid dienone is 1. The smallest absolute Gasteiger partial charge is 0.348 e. The molecule has 1 aromatic rings. The molecule has 0 N–H and O–H groups in total. The third kappa shape index (κ3) is 2.98. The van der Waals surface area contributed by atoms with Gasteiger partial charge in [0.1, 0.15) is 17.1 Å². The molecule has 0 fully saturated rings. The van der Waals surface area contributed by atoms with E-state index in [2.05, 4.69) is 20.8 Å². The highest BCUT2D eigenvalue weighted by atomic mass is 16.5. The van der Waals surface area contributed by atoms with Gasteiger partial charge in [-0.25, -0.2) is 4.79 Å². The van der Waals surface area contributed by atoms with E-state index < -0.39 is 0 Å². The Hall–Kier alpha value is -1.77. The van der Waals surface area contributed by atoms with Crippen LogP contribution in [0.3, 0.4) is 0 Å². The summed E-state index contributed by atoms with van der Waals surface area (Å²) in [5.74, 6) is 1.40. The number of cyclic esters (lactones) is 1. The van der Waals surface area contributed by atoms with Crippen molar-refractivity contribution in [1.29, 1.82) is 0 Å². The number of carbonyl (C=O) groups is 1. The first-order chi connectivity index (χ1) is 9.13. The van der Waals surface area contributed by atoms with Crippen LogP contribution in [0.15, 0.2) is 24.3 Å². The summed E-state index contributed by atoms with van der Waals surface area (Å²) >= 11 is 0. The summed E-state index contributed by atoms with van der Waals surface area (Å²) in [5, 5.41) is 0. The van der Waals surface area contributed by atoms with Crippen LogP contribution in [-0.4, -0.2) is 12.6 Å². The Balaban J connectivity index is 2.31. The molecule has 1 heterocycles. The third-order valence-corrected chi connectivity index (χ3v) is 2.89. The molecule has 0 unspecified atom stereocenters. The molecule has 0 aliphatic carbocycles. The van der Waals surface area contributed by atoms with E-state index in [-0.39, 0.29) is 5.97 Å². The minimum absolute atomic E-state index is 0.309. The van der Waals surface area contributed by atoms with Crippen molar-refractivity contribution in [2.24, 2.45) is 5.92 Å². The minimum Gasteiger partial charge on any atom is -0.492 e. The molecule has 1 aromatic carbocycles. The quantitative estimate of drug-likeness (QED) is 0.750. The Labute approximate surface area is 114 Å². The highest BCUT2D eigenvalue weighted by Crippen LogP contribution is 2.36. The standard InChI is InChI=1S/C16H20O3/c1-4-5-8-13-12-7-6-9-14(18-10-11(2)3)15(12)16(17)19-13/h6-9,11H,4-5,10H2,1-3H3/b13-8-. The normalized spacial score (nSPS) is 15.8. The average molecular weight is 260 g/mol. The molecule has 102 valence electrons. The molecular formula is C16H20O3. The first-order valence-corrected chi connectivity index (χ1v) is 6.82. The largest absolute Gasteiger partial charge is 0.492 e. The molecule has 0 saturated heterocycles. The van der Waals surface area contributed by atoms with Gasteiger partial charge in [-0.2, -0.15) is 0 Å². The molecule has 1 aliphatic heterocycles. The van der Waals surface area contributed by atoms with Crippen LogP contribution in [-0.2, 0) is 4.74 Å². The molecule has 0 aromatic heterocycles. The van der Waals surface area contributed by atoms with Gasteiger partial charge in [0.2, 0.25) is 0 Å². The second kappa shape index (κ2) is 5.91. The van der Waals surface area contributed by atoms with Crippen molar-refractivity contribution < 1.29 is 14.3 Å². The van der Waals surface area contributed by atoms with Crippen molar-refractivity contribution in [2.75, 3.05) is 6.61 Å². The molecule has 0 bridgehead atoms. The number of unbranched alkanes of at least 4 members (excludes halogenated alkanes) is 1. The molecule has 0 saturated carbocycles. The maximum Gasteiger partial charge on any atom is 0.348 e. The fourth-order valence-electron chi connectivity index (χ4n) is 1.96. The lowest BCUT2D eigenvalue weighted by Gasteiger charge is -2.10. The second-order valence-corrected chi connectivity index (χ2v) is 5.13. The van der Waals surface area contributed by atoms with Crippen molar-refractivity contribution in [3.63, 3.8) is 0 Å². The summed E-state index contributed by atoms with van der Waals surface area (Å²) in [6, 6.07) is 5.63. The summed E-state index contributed by atoms with van der Waals surface area (Å²) in [7, 11) is 0. The van der Waals surface area contributed by atoms with Gasteiger partial charge in [-0.15, -0.1) is 0 Å². The Morgan fingerprint density at radius 2 is 2.16 bits per heavy atom. The van der Waals surface area contributed by atoms with Gasteiger partial charge >= 0.3 is 5.97 Å². The van der Waals surface area contributed by atoms with Crippen molar-refractivity contribution in [3.8, 4) is 5.75 Å². The summed E-state index contributed by atoms with van der Waals surface area (Å²) in [5.41, 5.74) is 1.41. The van der Waals surface area contributed by atoms with Gasteiger partial charge in [-0.1, -0.05) is 39.3 Å². The molecule has 0 amide bonds. The predicted molar refractivity (Wildman–Crippen MR) is 75.1 cm³/mol. The van der Waals surface area contributed by atoms with Gasteiger partial charge in [0.25, 0.3) is 0 Å². The van der Waals surface area contributed by atoms with Crippen LogP contribution < -0.4 is 4.74 Å².